The average molecular weight is 549 g/mol. The summed E-state index contributed by atoms with van der Waals surface area (Å²) in [6.45, 7) is 12.1. The van der Waals surface area contributed by atoms with Crippen LogP contribution in [0.4, 0.5) is 10.1 Å². The molecule has 2 fully saturated rings. The van der Waals surface area contributed by atoms with Crippen molar-refractivity contribution in [3.8, 4) is 0 Å². The van der Waals surface area contributed by atoms with Gasteiger partial charge >= 0.3 is 0 Å². The third-order valence-corrected chi connectivity index (χ3v) is 5.81. The van der Waals surface area contributed by atoms with Gasteiger partial charge in [0.25, 0.3) is 0 Å². The zero-order valence-corrected chi connectivity index (χ0v) is 21.2. The van der Waals surface area contributed by atoms with Crippen molar-refractivity contribution < 1.29 is 13.9 Å². The Morgan fingerprint density at radius 1 is 1.06 bits per heavy atom. The summed E-state index contributed by atoms with van der Waals surface area (Å²) in [5.41, 5.74) is 1.54. The van der Waals surface area contributed by atoms with Crippen molar-refractivity contribution in [3.05, 3.63) is 29.6 Å². The van der Waals surface area contributed by atoms with Crippen molar-refractivity contribution in [2.24, 2.45) is 10.9 Å². The number of guanidine groups is 1. The van der Waals surface area contributed by atoms with Crippen LogP contribution in [0.2, 0.25) is 0 Å². The average Bonchev–Trinajstić information content (AvgIpc) is 2.77. The van der Waals surface area contributed by atoms with Gasteiger partial charge in [-0.2, -0.15) is 0 Å². The molecule has 2 aliphatic heterocycles. The summed E-state index contributed by atoms with van der Waals surface area (Å²) >= 11 is 0. The molecule has 2 N–H and O–H groups in total. The van der Waals surface area contributed by atoms with Crippen molar-refractivity contribution in [1.29, 1.82) is 0 Å². The lowest BCUT2D eigenvalue weighted by atomic mass is 10.0. The smallest absolute Gasteiger partial charge is 0.191 e. The highest BCUT2D eigenvalue weighted by atomic mass is 127. The van der Waals surface area contributed by atoms with E-state index in [2.05, 4.69) is 34.4 Å². The normalized spacial score (nSPS) is 19.1. The van der Waals surface area contributed by atoms with Crippen molar-refractivity contribution in [3.63, 3.8) is 0 Å². The number of nitrogens with zero attached hydrogens (tertiary/aromatic N) is 3. The second-order valence-electron chi connectivity index (χ2n) is 8.15. The van der Waals surface area contributed by atoms with E-state index in [0.29, 0.717) is 37.4 Å². The lowest BCUT2D eigenvalue weighted by Crippen LogP contribution is -2.52. The van der Waals surface area contributed by atoms with Gasteiger partial charge in [0.05, 0.1) is 32.1 Å². The monoisotopic (exact) mass is 549 g/mol. The molecule has 7 nitrogen and oxygen atoms in total. The molecule has 0 bridgehead atoms. The van der Waals surface area contributed by atoms with E-state index < -0.39 is 0 Å². The Kier molecular flexibility index (Phi) is 11.3. The first kappa shape index (κ1) is 26.1. The molecule has 9 heteroatoms. The number of aliphatic imine (C=N–C) groups is 1. The Bertz CT molecular complexity index is 694. The molecule has 0 radical (unpaired) electrons. The minimum absolute atomic E-state index is 0. The predicted octanol–water partition coefficient (Wildman–Crippen LogP) is 2.30. The molecule has 0 saturated carbocycles. The molecule has 1 aromatic carbocycles. The molecule has 2 aliphatic rings. The third kappa shape index (κ3) is 7.73. The molecule has 0 spiro atoms. The molecule has 1 atom stereocenters. The third-order valence-electron chi connectivity index (χ3n) is 5.81. The maximum atomic E-state index is 14.6. The summed E-state index contributed by atoms with van der Waals surface area (Å²) in [7, 11) is 1.76. The second kappa shape index (κ2) is 13.4. The second-order valence-corrected chi connectivity index (χ2v) is 8.15. The maximum Gasteiger partial charge on any atom is 0.191 e. The first-order chi connectivity index (χ1) is 14.6. The minimum atomic E-state index is -0.189. The highest BCUT2D eigenvalue weighted by Crippen LogP contribution is 2.21. The molecule has 3 rings (SSSR count). The molecular formula is C22H37FIN5O2. The van der Waals surface area contributed by atoms with Crippen LogP contribution in [0.1, 0.15) is 19.4 Å². The Morgan fingerprint density at radius 3 is 2.29 bits per heavy atom. The van der Waals surface area contributed by atoms with Gasteiger partial charge in [-0.05, 0) is 23.6 Å². The van der Waals surface area contributed by atoms with Crippen molar-refractivity contribution >= 4 is 35.6 Å². The van der Waals surface area contributed by atoms with Crippen molar-refractivity contribution in [2.45, 2.75) is 26.4 Å². The van der Waals surface area contributed by atoms with E-state index in [1.165, 1.54) is 0 Å². The molecule has 1 unspecified atom stereocenters. The summed E-state index contributed by atoms with van der Waals surface area (Å²) in [4.78, 5) is 8.84. The first-order valence-electron chi connectivity index (χ1n) is 11.0. The van der Waals surface area contributed by atoms with Crippen LogP contribution < -0.4 is 15.5 Å². The number of nitrogens with one attached hydrogen (secondary N) is 2. The highest BCUT2D eigenvalue weighted by Gasteiger charge is 2.24. The van der Waals surface area contributed by atoms with E-state index in [0.717, 1.165) is 57.5 Å². The zero-order valence-electron chi connectivity index (χ0n) is 18.9. The Hall–Kier alpha value is -1.17. The Morgan fingerprint density at radius 2 is 1.71 bits per heavy atom. The molecular weight excluding hydrogens is 512 g/mol. The first-order valence-corrected chi connectivity index (χ1v) is 11.0. The summed E-state index contributed by atoms with van der Waals surface area (Å²) in [6.07, 6.45) is 0. The number of hydrogen-bond donors (Lipinski definition) is 2. The Labute approximate surface area is 202 Å². The standard InChI is InChI=1S/C22H36FN5O2.HI/c1-17(2)21(28-8-12-30-13-9-28)16-26-22(24-3)25-15-18-4-5-20(19(23)14-18)27-6-10-29-11-7-27;/h4-5,14,17,21H,6-13,15-16H2,1-3H3,(H2,24,25,26);1H. The van der Waals surface area contributed by atoms with Gasteiger partial charge in [-0.15, -0.1) is 24.0 Å². The predicted molar refractivity (Wildman–Crippen MR) is 134 cm³/mol. The largest absolute Gasteiger partial charge is 0.379 e. The van der Waals surface area contributed by atoms with E-state index in [1.54, 1.807) is 13.1 Å². The fourth-order valence-corrected chi connectivity index (χ4v) is 4.02. The molecule has 2 heterocycles. The van der Waals surface area contributed by atoms with Crippen LogP contribution in [0.5, 0.6) is 0 Å². The number of ether oxygens (including phenoxy) is 2. The van der Waals surface area contributed by atoms with Gasteiger partial charge in [-0.3, -0.25) is 9.89 Å². The fourth-order valence-electron chi connectivity index (χ4n) is 4.02. The van der Waals surface area contributed by atoms with Gasteiger partial charge in [-0.25, -0.2) is 4.39 Å². The molecule has 0 aromatic heterocycles. The molecule has 0 aliphatic carbocycles. The number of halogens is 2. The number of anilines is 1. The van der Waals surface area contributed by atoms with Gasteiger partial charge in [0, 0.05) is 52.4 Å². The van der Waals surface area contributed by atoms with Gasteiger partial charge in [-0.1, -0.05) is 19.9 Å². The van der Waals surface area contributed by atoms with E-state index in [1.807, 2.05) is 17.0 Å². The lowest BCUT2D eigenvalue weighted by Gasteiger charge is -2.37. The van der Waals surface area contributed by atoms with Gasteiger partial charge in [0.2, 0.25) is 0 Å². The summed E-state index contributed by atoms with van der Waals surface area (Å²) in [6, 6.07) is 5.85. The number of benzene rings is 1. The van der Waals surface area contributed by atoms with Crippen LogP contribution in [0.25, 0.3) is 0 Å². The molecule has 1 aromatic rings. The summed E-state index contributed by atoms with van der Waals surface area (Å²) in [5, 5.41) is 6.74. The van der Waals surface area contributed by atoms with Crippen LogP contribution in [-0.4, -0.2) is 83.1 Å². The SMILES string of the molecule is CN=C(NCc1ccc(N2CCOCC2)c(F)c1)NCC(C(C)C)N1CCOCC1.I. The van der Waals surface area contributed by atoms with E-state index in [9.17, 15) is 4.39 Å². The van der Waals surface area contributed by atoms with Crippen LogP contribution in [0.3, 0.4) is 0 Å². The number of rotatable bonds is 7. The van der Waals surface area contributed by atoms with Gasteiger partial charge in [0.1, 0.15) is 5.82 Å². The molecule has 0 amide bonds. The van der Waals surface area contributed by atoms with Crippen molar-refractivity contribution in [2.75, 3.05) is 71.1 Å². The van der Waals surface area contributed by atoms with E-state index in [-0.39, 0.29) is 29.8 Å². The molecule has 31 heavy (non-hydrogen) atoms. The zero-order chi connectivity index (χ0) is 21.3. The quantitative estimate of drug-likeness (QED) is 0.310. The topological polar surface area (TPSA) is 61.4 Å². The number of hydrogen-bond acceptors (Lipinski definition) is 5. The summed E-state index contributed by atoms with van der Waals surface area (Å²) in [5.74, 6) is 1.06. The van der Waals surface area contributed by atoms with Crippen molar-refractivity contribution in [1.82, 2.24) is 15.5 Å². The summed E-state index contributed by atoms with van der Waals surface area (Å²) < 4.78 is 25.5. The van der Waals surface area contributed by atoms with E-state index >= 15 is 0 Å². The highest BCUT2D eigenvalue weighted by molar-refractivity contribution is 14.0. The van der Waals surface area contributed by atoms with Crippen LogP contribution in [0, 0.1) is 11.7 Å². The fraction of sp³-hybridized carbons (Fsp3) is 0.682. The maximum absolute atomic E-state index is 14.6. The lowest BCUT2D eigenvalue weighted by molar-refractivity contribution is 0.00752. The Balaban J connectivity index is 0.00000341. The minimum Gasteiger partial charge on any atom is -0.379 e. The van der Waals surface area contributed by atoms with Crippen LogP contribution in [0.15, 0.2) is 23.2 Å². The van der Waals surface area contributed by atoms with Crippen LogP contribution >= 0.6 is 24.0 Å². The van der Waals surface area contributed by atoms with E-state index in [4.69, 9.17) is 9.47 Å². The van der Waals surface area contributed by atoms with Gasteiger partial charge < -0.3 is 25.0 Å². The van der Waals surface area contributed by atoms with Crippen LogP contribution in [-0.2, 0) is 16.0 Å². The van der Waals surface area contributed by atoms with Gasteiger partial charge in [0.15, 0.2) is 5.96 Å². The molecule has 176 valence electrons. The molecule has 2 saturated heterocycles. The number of morpholine rings is 2.